The fraction of sp³-hybridized carbons (Fsp3) is 0.233. The number of carbonyl (C=O) groups excluding carboxylic acids is 1. The summed E-state index contributed by atoms with van der Waals surface area (Å²) in [4.78, 5) is 30.3. The molecule has 0 spiro atoms. The summed E-state index contributed by atoms with van der Waals surface area (Å²) in [5.41, 5.74) is 4.26. The van der Waals surface area contributed by atoms with Crippen LogP contribution in [0.1, 0.15) is 35.5 Å². The largest absolute Gasteiger partial charge is 0.481 e. The summed E-state index contributed by atoms with van der Waals surface area (Å²) < 4.78 is 14.0. The Kier molecular flexibility index (Phi) is 6.87. The molecule has 1 fully saturated rings. The lowest BCUT2D eigenvalue weighted by Gasteiger charge is -2.23. The standard InChI is InChI=1S/C30H29N3O5/c1-19-29(22-9-5-4-6-10-22)38-30(36)33(19)18-24-16-23(26-17-31-20(2)32(26)3)12-13-27(24)37-25-11-7-8-21(14-25)15-28(34)35/h4-14,16-17,19,29H,15,18H2,1-3H3,(H,34,35)/t19-,29-/m0/s1. The number of aromatic nitrogens is 2. The van der Waals surface area contributed by atoms with Crippen LogP contribution in [-0.2, 0) is 29.5 Å². The average Bonchev–Trinajstić information content (AvgIpc) is 3.38. The maximum Gasteiger partial charge on any atom is 0.411 e. The highest BCUT2D eigenvalue weighted by molar-refractivity contribution is 5.72. The van der Waals surface area contributed by atoms with Gasteiger partial charge in [-0.05, 0) is 55.3 Å². The van der Waals surface area contributed by atoms with Gasteiger partial charge in [0.05, 0.1) is 30.9 Å². The van der Waals surface area contributed by atoms with E-state index in [1.54, 1.807) is 29.2 Å². The number of carboxylic acid groups (broad SMARTS) is 1. The van der Waals surface area contributed by atoms with E-state index in [1.807, 2.05) is 80.2 Å². The monoisotopic (exact) mass is 511 g/mol. The van der Waals surface area contributed by atoms with E-state index in [0.717, 1.165) is 28.2 Å². The summed E-state index contributed by atoms with van der Waals surface area (Å²) in [7, 11) is 1.96. The molecule has 0 saturated carbocycles. The van der Waals surface area contributed by atoms with E-state index < -0.39 is 5.97 Å². The number of ether oxygens (including phenoxy) is 2. The number of hydrogen-bond acceptors (Lipinski definition) is 5. The van der Waals surface area contributed by atoms with Gasteiger partial charge in [0.2, 0.25) is 0 Å². The summed E-state index contributed by atoms with van der Waals surface area (Å²) in [5.74, 6) is 1.07. The minimum Gasteiger partial charge on any atom is -0.481 e. The minimum absolute atomic E-state index is 0.0964. The minimum atomic E-state index is -0.909. The Morgan fingerprint density at radius 1 is 1.08 bits per heavy atom. The number of carboxylic acids is 1. The van der Waals surface area contributed by atoms with Crippen LogP contribution >= 0.6 is 0 Å². The number of aliphatic carboxylic acids is 1. The van der Waals surface area contributed by atoms with Crippen LogP contribution in [0.4, 0.5) is 4.79 Å². The second-order valence-electron chi connectivity index (χ2n) is 9.48. The highest BCUT2D eigenvalue weighted by Crippen LogP contribution is 2.37. The molecule has 0 unspecified atom stereocenters. The number of aryl methyl sites for hydroxylation is 1. The zero-order chi connectivity index (χ0) is 26.8. The third-order valence-electron chi connectivity index (χ3n) is 6.92. The lowest BCUT2D eigenvalue weighted by Crippen LogP contribution is -2.31. The molecule has 1 N–H and O–H groups in total. The van der Waals surface area contributed by atoms with Crippen LogP contribution in [0, 0.1) is 6.92 Å². The summed E-state index contributed by atoms with van der Waals surface area (Å²) in [6.45, 7) is 4.20. The Labute approximate surface area is 221 Å². The highest BCUT2D eigenvalue weighted by Gasteiger charge is 2.40. The van der Waals surface area contributed by atoms with Gasteiger partial charge in [-0.3, -0.25) is 9.69 Å². The van der Waals surface area contributed by atoms with E-state index in [9.17, 15) is 14.7 Å². The van der Waals surface area contributed by atoms with Crippen molar-refractivity contribution < 1.29 is 24.2 Å². The third kappa shape index (κ3) is 5.11. The molecule has 2 heterocycles. The normalized spacial score (nSPS) is 16.9. The maximum absolute atomic E-state index is 13.0. The molecule has 1 aliphatic rings. The zero-order valence-electron chi connectivity index (χ0n) is 21.5. The Hall–Kier alpha value is -4.59. The first kappa shape index (κ1) is 25.1. The molecule has 194 valence electrons. The molecule has 1 aromatic heterocycles. The van der Waals surface area contributed by atoms with Gasteiger partial charge >= 0.3 is 12.1 Å². The van der Waals surface area contributed by atoms with Crippen LogP contribution in [0.15, 0.2) is 79.0 Å². The second-order valence-corrected chi connectivity index (χ2v) is 9.48. The van der Waals surface area contributed by atoms with Crippen molar-refractivity contribution in [1.29, 1.82) is 0 Å². The molecular weight excluding hydrogens is 482 g/mol. The number of carbonyl (C=O) groups is 2. The predicted molar refractivity (Wildman–Crippen MR) is 142 cm³/mol. The lowest BCUT2D eigenvalue weighted by atomic mass is 10.0. The number of nitrogens with zero attached hydrogens (tertiary/aromatic N) is 3. The predicted octanol–water partition coefficient (Wildman–Crippen LogP) is 5.90. The van der Waals surface area contributed by atoms with Gasteiger partial charge < -0.3 is 19.1 Å². The molecule has 1 amide bonds. The topological polar surface area (TPSA) is 93.9 Å². The van der Waals surface area contributed by atoms with Crippen molar-refractivity contribution >= 4 is 12.1 Å². The molecule has 2 atom stereocenters. The van der Waals surface area contributed by atoms with Crippen molar-refractivity contribution in [2.75, 3.05) is 0 Å². The number of hydrogen-bond donors (Lipinski definition) is 1. The van der Waals surface area contributed by atoms with E-state index in [4.69, 9.17) is 9.47 Å². The Morgan fingerprint density at radius 2 is 1.87 bits per heavy atom. The fourth-order valence-corrected chi connectivity index (χ4v) is 4.74. The van der Waals surface area contributed by atoms with Gasteiger partial charge in [-0.2, -0.15) is 0 Å². The van der Waals surface area contributed by atoms with Gasteiger partial charge in [-0.15, -0.1) is 0 Å². The molecule has 38 heavy (non-hydrogen) atoms. The average molecular weight is 512 g/mol. The maximum atomic E-state index is 13.0. The van der Waals surface area contributed by atoms with Crippen LogP contribution in [0.3, 0.4) is 0 Å². The number of rotatable bonds is 8. The van der Waals surface area contributed by atoms with Crippen molar-refractivity contribution in [2.24, 2.45) is 7.05 Å². The number of imidazole rings is 1. The van der Waals surface area contributed by atoms with E-state index in [-0.39, 0.29) is 31.2 Å². The Balaban J connectivity index is 1.49. The molecule has 8 heteroatoms. The molecule has 3 aromatic carbocycles. The van der Waals surface area contributed by atoms with Gasteiger partial charge in [-0.1, -0.05) is 42.5 Å². The van der Waals surface area contributed by atoms with E-state index in [2.05, 4.69) is 4.98 Å². The van der Waals surface area contributed by atoms with Crippen molar-refractivity contribution in [3.8, 4) is 22.8 Å². The Bertz CT molecular complexity index is 1480. The van der Waals surface area contributed by atoms with Crippen LogP contribution in [0.25, 0.3) is 11.3 Å². The first-order valence-electron chi connectivity index (χ1n) is 12.4. The van der Waals surface area contributed by atoms with Crippen LogP contribution < -0.4 is 4.74 Å². The summed E-state index contributed by atoms with van der Waals surface area (Å²) in [5, 5.41) is 9.17. The SMILES string of the molecule is Cc1ncc(-c2ccc(Oc3cccc(CC(=O)O)c3)c(CN3C(=O)O[C@H](c4ccccc4)[C@@H]3C)c2)n1C. The van der Waals surface area contributed by atoms with Gasteiger partial charge in [0.1, 0.15) is 23.4 Å². The summed E-state index contributed by atoms with van der Waals surface area (Å²) in [6.07, 6.45) is 0.967. The Morgan fingerprint density at radius 3 is 2.58 bits per heavy atom. The van der Waals surface area contributed by atoms with Crippen LogP contribution in [-0.4, -0.2) is 37.7 Å². The molecule has 1 saturated heterocycles. The third-order valence-corrected chi connectivity index (χ3v) is 6.92. The van der Waals surface area contributed by atoms with E-state index in [0.29, 0.717) is 17.1 Å². The highest BCUT2D eigenvalue weighted by atomic mass is 16.6. The van der Waals surface area contributed by atoms with E-state index in [1.165, 1.54) is 0 Å². The summed E-state index contributed by atoms with van der Waals surface area (Å²) >= 11 is 0. The van der Waals surface area contributed by atoms with Crippen LogP contribution in [0.2, 0.25) is 0 Å². The first-order valence-corrected chi connectivity index (χ1v) is 12.4. The lowest BCUT2D eigenvalue weighted by molar-refractivity contribution is -0.136. The number of cyclic esters (lactones) is 1. The van der Waals surface area contributed by atoms with E-state index >= 15 is 0 Å². The molecule has 5 rings (SSSR count). The molecule has 0 radical (unpaired) electrons. The molecule has 1 aliphatic heterocycles. The van der Waals surface area contributed by atoms with Gasteiger partial charge in [0, 0.05) is 18.2 Å². The van der Waals surface area contributed by atoms with Gasteiger partial charge in [0.25, 0.3) is 0 Å². The van der Waals surface area contributed by atoms with Gasteiger partial charge in [-0.25, -0.2) is 9.78 Å². The number of benzene rings is 3. The second kappa shape index (κ2) is 10.4. The molecular formula is C30H29N3O5. The summed E-state index contributed by atoms with van der Waals surface area (Å²) in [6, 6.07) is 22.4. The van der Waals surface area contributed by atoms with Crippen molar-refractivity contribution in [3.63, 3.8) is 0 Å². The quantitative estimate of drug-likeness (QED) is 0.317. The van der Waals surface area contributed by atoms with Crippen molar-refractivity contribution in [1.82, 2.24) is 14.5 Å². The van der Waals surface area contributed by atoms with Crippen molar-refractivity contribution in [3.05, 3.63) is 102 Å². The molecule has 0 aliphatic carbocycles. The van der Waals surface area contributed by atoms with Crippen LogP contribution in [0.5, 0.6) is 11.5 Å². The first-order chi connectivity index (χ1) is 18.3. The molecule has 8 nitrogen and oxygen atoms in total. The van der Waals surface area contributed by atoms with Gasteiger partial charge in [0.15, 0.2) is 0 Å². The molecule has 0 bridgehead atoms. The molecule has 4 aromatic rings. The number of amides is 1. The van der Waals surface area contributed by atoms with Crippen molar-refractivity contribution in [2.45, 2.75) is 39.0 Å². The smallest absolute Gasteiger partial charge is 0.411 e. The fourth-order valence-electron chi connectivity index (χ4n) is 4.74. The zero-order valence-corrected chi connectivity index (χ0v) is 21.5.